The topological polar surface area (TPSA) is 97.1 Å². The van der Waals surface area contributed by atoms with Gasteiger partial charge in [0.15, 0.2) is 0 Å². The van der Waals surface area contributed by atoms with Crippen LogP contribution in [0.1, 0.15) is 10.4 Å². The Hall–Kier alpha value is -2.76. The molecular weight excluding hydrogens is 433 g/mol. The Morgan fingerprint density at radius 3 is 2.48 bits per heavy atom. The van der Waals surface area contributed by atoms with E-state index in [1.54, 1.807) is 29.6 Å². The highest BCUT2D eigenvalue weighted by Gasteiger charge is 2.17. The third-order valence-corrected chi connectivity index (χ3v) is 4.18. The maximum absolute atomic E-state index is 12.6. The summed E-state index contributed by atoms with van der Waals surface area (Å²) in [6.07, 6.45) is 1.50. The lowest BCUT2D eigenvalue weighted by molar-refractivity contribution is 0.00818. The van der Waals surface area contributed by atoms with Crippen LogP contribution in [0, 0.1) is 0 Å². The van der Waals surface area contributed by atoms with Crippen LogP contribution in [0.2, 0.25) is 5.02 Å². The summed E-state index contributed by atoms with van der Waals surface area (Å²) in [5.41, 5.74) is 0.990. The second-order valence-electron chi connectivity index (χ2n) is 5.28. The zero-order valence-corrected chi connectivity index (χ0v) is 16.1. The van der Waals surface area contributed by atoms with Crippen LogP contribution in [-0.4, -0.2) is 45.0 Å². The van der Waals surface area contributed by atoms with Gasteiger partial charge in [-0.05, 0) is 29.7 Å². The molecule has 0 aliphatic carbocycles. The number of halogens is 4. The van der Waals surface area contributed by atoms with Crippen molar-refractivity contribution in [1.82, 2.24) is 19.5 Å². The van der Waals surface area contributed by atoms with E-state index in [2.05, 4.69) is 14.8 Å². The zero-order valence-electron chi connectivity index (χ0n) is 14.6. The number of amides is 1. The molecule has 154 valence electrons. The van der Waals surface area contributed by atoms with Crippen LogP contribution < -0.4 is 10.9 Å². The maximum atomic E-state index is 12.6. The van der Waals surface area contributed by atoms with E-state index >= 15 is 0 Å². The third-order valence-electron chi connectivity index (χ3n) is 3.36. The molecule has 2 N–H and O–H groups in total. The number of nitrogens with one attached hydrogen (secondary N) is 1. The van der Waals surface area contributed by atoms with E-state index < -0.39 is 18.1 Å². The van der Waals surface area contributed by atoms with Crippen LogP contribution >= 0.6 is 23.1 Å². The molecule has 0 unspecified atom stereocenters. The van der Waals surface area contributed by atoms with Gasteiger partial charge in [0.25, 0.3) is 11.5 Å². The first-order valence-corrected chi connectivity index (χ1v) is 9.16. The van der Waals surface area contributed by atoms with Crippen molar-refractivity contribution in [1.29, 1.82) is 0 Å². The molecule has 0 spiro atoms. The first-order chi connectivity index (χ1) is 13.8. The molecule has 0 fully saturated rings. The molecule has 7 nitrogen and oxygen atoms in total. The summed E-state index contributed by atoms with van der Waals surface area (Å²) in [7, 11) is 0. The second-order valence-corrected chi connectivity index (χ2v) is 6.37. The molecule has 3 aromatic rings. The molecule has 1 aromatic carbocycles. The van der Waals surface area contributed by atoms with E-state index in [9.17, 15) is 22.8 Å². The minimum absolute atomic E-state index is 0.0525. The number of carbonyl (C=O) groups excluding carboxylic acids is 1. The Bertz CT molecular complexity index is 995. The van der Waals surface area contributed by atoms with Gasteiger partial charge < -0.3 is 10.4 Å². The molecule has 3 rings (SSSR count). The van der Waals surface area contributed by atoms with Gasteiger partial charge in [-0.3, -0.25) is 9.59 Å². The molecule has 0 atom stereocenters. The van der Waals surface area contributed by atoms with Gasteiger partial charge >= 0.3 is 6.68 Å². The number of hydrogen-bond acceptors (Lipinski definition) is 6. The first kappa shape index (κ1) is 22.5. The standard InChI is InChI=1S/C16H13ClN4O3S.CHF3/c17-11-3-1-10(2-4-11)14-7-13(15(23)18-5-6-22)16(24)21(20-14)12-8-19-25-9-12;2-1(3)4/h1-4,7-9,22H,5-6H2,(H,18,23);1H. The van der Waals surface area contributed by atoms with Crippen LogP contribution in [-0.2, 0) is 0 Å². The quantitative estimate of drug-likeness (QED) is 0.628. The molecule has 0 bridgehead atoms. The lowest BCUT2D eigenvalue weighted by Crippen LogP contribution is -2.35. The minimum Gasteiger partial charge on any atom is -0.395 e. The number of aromatic nitrogens is 3. The van der Waals surface area contributed by atoms with Crippen molar-refractivity contribution in [3.8, 4) is 16.9 Å². The highest BCUT2D eigenvalue weighted by atomic mass is 35.5. The van der Waals surface area contributed by atoms with Gasteiger partial charge in [-0.1, -0.05) is 23.7 Å². The molecular formula is C17H14ClF3N4O3S. The number of hydrogen-bond donors (Lipinski definition) is 2. The van der Waals surface area contributed by atoms with Crippen LogP contribution in [0.3, 0.4) is 0 Å². The van der Waals surface area contributed by atoms with Crippen molar-refractivity contribution in [2.24, 2.45) is 0 Å². The fourth-order valence-electron chi connectivity index (χ4n) is 2.16. The molecule has 29 heavy (non-hydrogen) atoms. The molecule has 0 saturated carbocycles. The van der Waals surface area contributed by atoms with Crippen molar-refractivity contribution in [2.75, 3.05) is 13.2 Å². The summed E-state index contributed by atoms with van der Waals surface area (Å²) in [5.74, 6) is -0.575. The van der Waals surface area contributed by atoms with Crippen molar-refractivity contribution in [2.45, 2.75) is 6.68 Å². The summed E-state index contributed by atoms with van der Waals surface area (Å²) in [5, 5.41) is 17.9. The highest BCUT2D eigenvalue weighted by Crippen LogP contribution is 2.20. The predicted molar refractivity (Wildman–Crippen MR) is 102 cm³/mol. The van der Waals surface area contributed by atoms with Crippen molar-refractivity contribution < 1.29 is 23.1 Å². The maximum Gasteiger partial charge on any atom is 0.379 e. The van der Waals surface area contributed by atoms with Crippen LogP contribution in [0.5, 0.6) is 0 Å². The van der Waals surface area contributed by atoms with Gasteiger partial charge in [-0.2, -0.15) is 27.3 Å². The molecule has 0 aliphatic rings. The summed E-state index contributed by atoms with van der Waals surface area (Å²) >= 11 is 7.08. The predicted octanol–water partition coefficient (Wildman–Crippen LogP) is 2.91. The lowest BCUT2D eigenvalue weighted by atomic mass is 10.1. The van der Waals surface area contributed by atoms with Crippen molar-refractivity contribution >= 4 is 29.0 Å². The van der Waals surface area contributed by atoms with E-state index in [0.717, 1.165) is 4.68 Å². The van der Waals surface area contributed by atoms with Gasteiger partial charge in [0.05, 0.1) is 24.2 Å². The average Bonchev–Trinajstić information content (AvgIpc) is 3.21. The molecule has 1 amide bonds. The normalized spacial score (nSPS) is 10.4. The highest BCUT2D eigenvalue weighted by molar-refractivity contribution is 7.03. The number of benzene rings is 1. The Balaban J connectivity index is 0.000000687. The van der Waals surface area contributed by atoms with Gasteiger partial charge in [-0.25, -0.2) is 0 Å². The summed E-state index contributed by atoms with van der Waals surface area (Å²) in [6.45, 7) is -3.83. The van der Waals surface area contributed by atoms with E-state index in [1.807, 2.05) is 0 Å². The largest absolute Gasteiger partial charge is 0.395 e. The van der Waals surface area contributed by atoms with Crippen molar-refractivity contribution in [3.05, 3.63) is 62.8 Å². The van der Waals surface area contributed by atoms with Gasteiger partial charge in [0, 0.05) is 22.5 Å². The van der Waals surface area contributed by atoms with Crippen LogP contribution in [0.25, 0.3) is 16.9 Å². The zero-order chi connectivity index (χ0) is 21.4. The number of nitrogens with zero attached hydrogens (tertiary/aromatic N) is 3. The fourth-order valence-corrected chi connectivity index (χ4v) is 2.79. The van der Waals surface area contributed by atoms with Gasteiger partial charge in [-0.15, -0.1) is 0 Å². The summed E-state index contributed by atoms with van der Waals surface area (Å²) in [4.78, 5) is 24.9. The smallest absolute Gasteiger partial charge is 0.379 e. The minimum atomic E-state index is -3.67. The Morgan fingerprint density at radius 1 is 1.28 bits per heavy atom. The lowest BCUT2D eigenvalue weighted by Gasteiger charge is -2.10. The Morgan fingerprint density at radius 2 is 1.93 bits per heavy atom. The third kappa shape index (κ3) is 6.38. The summed E-state index contributed by atoms with van der Waals surface area (Å²) < 4.78 is 34.1. The molecule has 0 aliphatic heterocycles. The van der Waals surface area contributed by atoms with Crippen LogP contribution in [0.15, 0.2) is 46.7 Å². The SMILES string of the molecule is FC(F)F.O=C(NCCO)c1cc(-c2ccc(Cl)cc2)nn(-c2cnsc2)c1=O. The van der Waals surface area contributed by atoms with E-state index in [0.29, 0.717) is 22.0 Å². The van der Waals surface area contributed by atoms with E-state index in [4.69, 9.17) is 16.7 Å². The van der Waals surface area contributed by atoms with Gasteiger partial charge in [0.1, 0.15) is 5.56 Å². The second kappa shape index (κ2) is 10.7. The number of alkyl halides is 3. The van der Waals surface area contributed by atoms with E-state index in [-0.39, 0.29) is 18.7 Å². The molecule has 0 saturated heterocycles. The number of aliphatic hydroxyl groups is 1. The average molecular weight is 447 g/mol. The monoisotopic (exact) mass is 446 g/mol. The number of aliphatic hydroxyl groups excluding tert-OH is 1. The molecule has 2 heterocycles. The molecule has 2 aromatic heterocycles. The molecule has 12 heteroatoms. The fraction of sp³-hybridized carbons (Fsp3) is 0.176. The Kier molecular flexibility index (Phi) is 8.31. The first-order valence-electron chi connectivity index (χ1n) is 7.95. The van der Waals surface area contributed by atoms with Crippen molar-refractivity contribution in [3.63, 3.8) is 0 Å². The number of rotatable bonds is 5. The van der Waals surface area contributed by atoms with Gasteiger partial charge in [0.2, 0.25) is 0 Å². The summed E-state index contributed by atoms with van der Waals surface area (Å²) in [6, 6.07) is 8.33. The Labute approximate surface area is 171 Å². The number of carbonyl (C=O) groups is 1. The van der Waals surface area contributed by atoms with Crippen LogP contribution in [0.4, 0.5) is 13.2 Å². The van der Waals surface area contributed by atoms with E-state index in [1.165, 1.54) is 23.8 Å². The molecule has 0 radical (unpaired) electrons.